The monoisotopic (exact) mass is 343 g/mol. The molecule has 4 heterocycles. The maximum absolute atomic E-state index is 12.6. The molecule has 1 N–H and O–H groups in total. The Hall–Kier alpha value is -2.54. The summed E-state index contributed by atoms with van der Waals surface area (Å²) in [6.45, 7) is 3.46. The Morgan fingerprint density at radius 1 is 1.24 bits per heavy atom. The number of nitrogens with one attached hydrogen (secondary N) is 1. The van der Waals surface area contributed by atoms with Gasteiger partial charge in [-0.05, 0) is 31.2 Å². The van der Waals surface area contributed by atoms with E-state index in [0.717, 1.165) is 5.76 Å². The van der Waals surface area contributed by atoms with E-state index in [1.807, 2.05) is 24.0 Å². The van der Waals surface area contributed by atoms with Gasteiger partial charge in [0.1, 0.15) is 5.76 Å². The number of piperidine rings is 1. The first-order valence-corrected chi connectivity index (χ1v) is 8.53. The molecule has 1 spiro atoms. The van der Waals surface area contributed by atoms with Crippen molar-refractivity contribution in [1.29, 1.82) is 0 Å². The predicted octanol–water partition coefficient (Wildman–Crippen LogP) is 1.83. The Morgan fingerprint density at radius 2 is 1.96 bits per heavy atom. The minimum Gasteiger partial charge on any atom is -0.467 e. The third-order valence-corrected chi connectivity index (χ3v) is 5.14. The number of furan rings is 2. The van der Waals surface area contributed by atoms with E-state index < -0.39 is 5.66 Å². The Labute approximate surface area is 145 Å². The van der Waals surface area contributed by atoms with Crippen LogP contribution in [0.5, 0.6) is 0 Å². The summed E-state index contributed by atoms with van der Waals surface area (Å²) in [7, 11) is 0. The highest BCUT2D eigenvalue weighted by Gasteiger charge is 2.50. The number of amides is 2. The van der Waals surface area contributed by atoms with E-state index in [1.54, 1.807) is 23.3 Å². The van der Waals surface area contributed by atoms with E-state index in [-0.39, 0.29) is 17.9 Å². The molecule has 1 atom stereocenters. The van der Waals surface area contributed by atoms with Crippen LogP contribution in [0.4, 0.5) is 0 Å². The van der Waals surface area contributed by atoms with Gasteiger partial charge in [-0.1, -0.05) is 0 Å². The molecule has 2 fully saturated rings. The van der Waals surface area contributed by atoms with Crippen molar-refractivity contribution >= 4 is 11.8 Å². The van der Waals surface area contributed by atoms with Crippen LogP contribution in [0, 0.1) is 0 Å². The lowest BCUT2D eigenvalue weighted by Crippen LogP contribution is -2.59. The van der Waals surface area contributed by atoms with Crippen molar-refractivity contribution in [3.63, 3.8) is 0 Å². The summed E-state index contributed by atoms with van der Waals surface area (Å²) in [5, 5.41) is 3.45. The summed E-state index contributed by atoms with van der Waals surface area (Å²) in [4.78, 5) is 28.7. The van der Waals surface area contributed by atoms with Gasteiger partial charge in [0, 0.05) is 25.9 Å². The van der Waals surface area contributed by atoms with Crippen molar-refractivity contribution in [2.45, 2.75) is 38.0 Å². The number of hydrogen-bond acceptors (Lipinski definition) is 5. The van der Waals surface area contributed by atoms with E-state index in [1.165, 1.54) is 6.26 Å². The average Bonchev–Trinajstić information content (AvgIpc) is 3.35. The second kappa shape index (κ2) is 6.07. The molecule has 0 bridgehead atoms. The highest BCUT2D eigenvalue weighted by Crippen LogP contribution is 2.34. The Bertz CT molecular complexity index is 745. The van der Waals surface area contributed by atoms with Crippen LogP contribution in [0.1, 0.15) is 36.1 Å². The van der Waals surface area contributed by atoms with E-state index >= 15 is 0 Å². The molecule has 1 unspecified atom stereocenters. The van der Waals surface area contributed by atoms with Gasteiger partial charge in [0.15, 0.2) is 5.76 Å². The SMILES string of the molecule is CC1NC2(CCN(C(=O)c3ccco3)CC2)N(Cc2ccco2)C1=O. The smallest absolute Gasteiger partial charge is 0.289 e. The van der Waals surface area contributed by atoms with E-state index in [4.69, 9.17) is 8.83 Å². The number of hydrogen-bond donors (Lipinski definition) is 1. The van der Waals surface area contributed by atoms with E-state index in [9.17, 15) is 9.59 Å². The number of carbonyl (C=O) groups excluding carboxylic acids is 2. The van der Waals surface area contributed by atoms with Crippen LogP contribution in [0.2, 0.25) is 0 Å². The fourth-order valence-electron chi connectivity index (χ4n) is 3.83. The lowest BCUT2D eigenvalue weighted by atomic mass is 9.95. The standard InChI is InChI=1S/C18H21N3O4/c1-13-16(22)21(12-14-4-2-10-24-14)18(19-13)6-8-20(9-7-18)17(23)15-5-3-11-25-15/h2-5,10-11,13,19H,6-9,12H2,1H3. The summed E-state index contributed by atoms with van der Waals surface area (Å²) < 4.78 is 10.6. The average molecular weight is 343 g/mol. The minimum absolute atomic E-state index is 0.0715. The summed E-state index contributed by atoms with van der Waals surface area (Å²) in [5.74, 6) is 1.09. The molecule has 2 aliphatic rings. The normalized spacial score (nSPS) is 22.8. The zero-order valence-electron chi connectivity index (χ0n) is 14.1. The molecule has 2 aromatic rings. The van der Waals surface area contributed by atoms with Crippen LogP contribution in [0.15, 0.2) is 45.6 Å². The molecular formula is C18H21N3O4. The van der Waals surface area contributed by atoms with Crippen LogP contribution in [-0.2, 0) is 11.3 Å². The third kappa shape index (κ3) is 2.74. The highest BCUT2D eigenvalue weighted by atomic mass is 16.3. The van der Waals surface area contributed by atoms with Crippen LogP contribution < -0.4 is 5.32 Å². The van der Waals surface area contributed by atoms with Gasteiger partial charge in [-0.25, -0.2) is 0 Å². The second-order valence-corrected chi connectivity index (χ2v) is 6.67. The maximum Gasteiger partial charge on any atom is 0.289 e. The van der Waals surface area contributed by atoms with E-state index in [2.05, 4.69) is 5.32 Å². The van der Waals surface area contributed by atoms with Crippen molar-refractivity contribution in [1.82, 2.24) is 15.1 Å². The van der Waals surface area contributed by atoms with Gasteiger partial charge < -0.3 is 18.6 Å². The number of likely N-dealkylation sites (tertiary alicyclic amines) is 1. The Kier molecular flexibility index (Phi) is 3.88. The van der Waals surface area contributed by atoms with Crippen molar-refractivity contribution in [3.8, 4) is 0 Å². The van der Waals surface area contributed by atoms with Crippen LogP contribution in [-0.4, -0.2) is 46.4 Å². The summed E-state index contributed by atoms with van der Waals surface area (Å²) in [6.07, 6.45) is 4.47. The quantitative estimate of drug-likeness (QED) is 0.920. The van der Waals surface area contributed by atoms with Gasteiger partial charge in [0.05, 0.1) is 30.8 Å². The first kappa shape index (κ1) is 16.0. The fraction of sp³-hybridized carbons (Fsp3) is 0.444. The molecule has 25 heavy (non-hydrogen) atoms. The van der Waals surface area contributed by atoms with Gasteiger partial charge in [0.2, 0.25) is 5.91 Å². The molecule has 0 aromatic carbocycles. The Morgan fingerprint density at radius 3 is 2.60 bits per heavy atom. The minimum atomic E-state index is -0.427. The van der Waals surface area contributed by atoms with Gasteiger partial charge in [-0.3, -0.25) is 14.9 Å². The largest absolute Gasteiger partial charge is 0.467 e. The summed E-state index contributed by atoms with van der Waals surface area (Å²) in [5.41, 5.74) is -0.427. The van der Waals surface area contributed by atoms with Crippen molar-refractivity contribution in [2.75, 3.05) is 13.1 Å². The van der Waals surface area contributed by atoms with Crippen molar-refractivity contribution in [3.05, 3.63) is 48.3 Å². The highest BCUT2D eigenvalue weighted by molar-refractivity contribution is 5.91. The predicted molar refractivity (Wildman–Crippen MR) is 88.4 cm³/mol. The first-order valence-electron chi connectivity index (χ1n) is 8.53. The van der Waals surface area contributed by atoms with Crippen molar-refractivity contribution < 1.29 is 18.4 Å². The molecule has 2 aromatic heterocycles. The summed E-state index contributed by atoms with van der Waals surface area (Å²) >= 11 is 0. The van der Waals surface area contributed by atoms with Crippen LogP contribution >= 0.6 is 0 Å². The topological polar surface area (TPSA) is 78.9 Å². The van der Waals surface area contributed by atoms with Gasteiger partial charge in [-0.15, -0.1) is 0 Å². The number of carbonyl (C=O) groups is 2. The molecule has 0 radical (unpaired) electrons. The molecule has 7 nitrogen and oxygen atoms in total. The molecule has 4 rings (SSSR count). The maximum atomic E-state index is 12.6. The molecule has 2 amide bonds. The first-order chi connectivity index (χ1) is 12.1. The molecule has 2 saturated heterocycles. The molecule has 2 aliphatic heterocycles. The van der Waals surface area contributed by atoms with Gasteiger partial charge in [-0.2, -0.15) is 0 Å². The van der Waals surface area contributed by atoms with Crippen LogP contribution in [0.3, 0.4) is 0 Å². The van der Waals surface area contributed by atoms with Crippen LogP contribution in [0.25, 0.3) is 0 Å². The molecule has 132 valence electrons. The molecule has 0 saturated carbocycles. The number of nitrogens with zero attached hydrogens (tertiary/aromatic N) is 2. The van der Waals surface area contributed by atoms with Gasteiger partial charge >= 0.3 is 0 Å². The van der Waals surface area contributed by atoms with Crippen molar-refractivity contribution in [2.24, 2.45) is 0 Å². The number of rotatable bonds is 3. The lowest BCUT2D eigenvalue weighted by Gasteiger charge is -2.44. The summed E-state index contributed by atoms with van der Waals surface area (Å²) in [6, 6.07) is 6.85. The second-order valence-electron chi connectivity index (χ2n) is 6.67. The van der Waals surface area contributed by atoms with E-state index in [0.29, 0.717) is 38.2 Å². The molecule has 7 heteroatoms. The van der Waals surface area contributed by atoms with Gasteiger partial charge in [0.25, 0.3) is 5.91 Å². The Balaban J connectivity index is 1.49. The zero-order chi connectivity index (χ0) is 17.4. The third-order valence-electron chi connectivity index (χ3n) is 5.14. The fourth-order valence-corrected chi connectivity index (χ4v) is 3.83. The molecule has 0 aliphatic carbocycles. The molecular weight excluding hydrogens is 322 g/mol. The zero-order valence-corrected chi connectivity index (χ0v) is 14.1. The lowest BCUT2D eigenvalue weighted by molar-refractivity contribution is -0.134.